The molecular weight excluding hydrogens is 332 g/mol. The fraction of sp³-hybridized carbons (Fsp3) is 0.200. The van der Waals surface area contributed by atoms with Crippen molar-refractivity contribution in [2.45, 2.75) is 6.42 Å². The van der Waals surface area contributed by atoms with E-state index in [1.165, 1.54) is 0 Å². The number of benzene rings is 1. The van der Waals surface area contributed by atoms with E-state index >= 15 is 0 Å². The molecule has 0 aliphatic carbocycles. The van der Waals surface area contributed by atoms with Crippen LogP contribution in [-0.4, -0.2) is 27.7 Å². The van der Waals surface area contributed by atoms with Crippen LogP contribution in [0.4, 0.5) is 5.95 Å². The second kappa shape index (κ2) is 6.58. The Bertz CT molecular complexity index is 714. The molecule has 0 aliphatic heterocycles. The van der Waals surface area contributed by atoms with Gasteiger partial charge in [-0.25, -0.2) is 4.52 Å². The SMILES string of the molecule is Brc1cccn2nc(NCCCOc3ccccc3)nc12. The van der Waals surface area contributed by atoms with Gasteiger partial charge in [0.25, 0.3) is 0 Å². The summed E-state index contributed by atoms with van der Waals surface area (Å²) < 4.78 is 8.30. The molecule has 108 valence electrons. The maximum atomic E-state index is 5.63. The van der Waals surface area contributed by atoms with Crippen molar-refractivity contribution in [1.29, 1.82) is 0 Å². The molecule has 0 atom stereocenters. The van der Waals surface area contributed by atoms with Crippen LogP contribution in [0.15, 0.2) is 53.1 Å². The summed E-state index contributed by atoms with van der Waals surface area (Å²) in [4.78, 5) is 4.42. The fourth-order valence-electron chi connectivity index (χ4n) is 1.93. The van der Waals surface area contributed by atoms with Gasteiger partial charge in [-0.1, -0.05) is 18.2 Å². The normalized spacial score (nSPS) is 10.7. The van der Waals surface area contributed by atoms with Gasteiger partial charge in [0.2, 0.25) is 5.95 Å². The number of aromatic nitrogens is 3. The lowest BCUT2D eigenvalue weighted by molar-refractivity contribution is 0.315. The number of nitrogens with zero attached hydrogens (tertiary/aromatic N) is 3. The highest BCUT2D eigenvalue weighted by atomic mass is 79.9. The van der Waals surface area contributed by atoms with E-state index in [0.29, 0.717) is 12.6 Å². The topological polar surface area (TPSA) is 51.5 Å². The van der Waals surface area contributed by atoms with E-state index in [9.17, 15) is 0 Å². The van der Waals surface area contributed by atoms with Gasteiger partial charge in [-0.3, -0.25) is 0 Å². The van der Waals surface area contributed by atoms with Crippen LogP contribution >= 0.6 is 15.9 Å². The number of anilines is 1. The van der Waals surface area contributed by atoms with Gasteiger partial charge < -0.3 is 10.1 Å². The largest absolute Gasteiger partial charge is 0.494 e. The molecule has 0 bridgehead atoms. The number of hydrogen-bond donors (Lipinski definition) is 1. The highest BCUT2D eigenvalue weighted by Crippen LogP contribution is 2.16. The van der Waals surface area contributed by atoms with Crippen molar-refractivity contribution < 1.29 is 4.74 Å². The molecule has 5 nitrogen and oxygen atoms in total. The molecule has 0 amide bonds. The van der Waals surface area contributed by atoms with Gasteiger partial charge in [-0.05, 0) is 46.6 Å². The monoisotopic (exact) mass is 346 g/mol. The Morgan fingerprint density at radius 1 is 1.14 bits per heavy atom. The van der Waals surface area contributed by atoms with E-state index in [2.05, 4.69) is 31.3 Å². The first-order chi connectivity index (χ1) is 10.3. The van der Waals surface area contributed by atoms with Crippen molar-refractivity contribution in [2.75, 3.05) is 18.5 Å². The molecule has 0 radical (unpaired) electrons. The number of fused-ring (bicyclic) bond motifs is 1. The molecule has 1 N–H and O–H groups in total. The Hall–Kier alpha value is -2.08. The van der Waals surface area contributed by atoms with Crippen molar-refractivity contribution >= 4 is 27.5 Å². The van der Waals surface area contributed by atoms with Crippen LogP contribution in [0.3, 0.4) is 0 Å². The Labute approximate surface area is 131 Å². The molecule has 3 aromatic rings. The molecule has 3 rings (SSSR count). The molecule has 0 spiro atoms. The summed E-state index contributed by atoms with van der Waals surface area (Å²) in [6.07, 6.45) is 2.75. The molecule has 0 fully saturated rings. The molecule has 0 saturated carbocycles. The van der Waals surface area contributed by atoms with Crippen LogP contribution in [0.5, 0.6) is 5.75 Å². The summed E-state index contributed by atoms with van der Waals surface area (Å²) in [7, 11) is 0. The smallest absolute Gasteiger partial charge is 0.243 e. The van der Waals surface area contributed by atoms with Gasteiger partial charge in [0.05, 0.1) is 11.1 Å². The van der Waals surface area contributed by atoms with E-state index < -0.39 is 0 Å². The molecule has 2 aromatic heterocycles. The minimum absolute atomic E-state index is 0.626. The van der Waals surface area contributed by atoms with Gasteiger partial charge in [0.1, 0.15) is 5.75 Å². The first-order valence-corrected chi connectivity index (χ1v) is 7.55. The first kappa shape index (κ1) is 13.9. The zero-order valence-corrected chi connectivity index (χ0v) is 13.0. The van der Waals surface area contributed by atoms with Gasteiger partial charge in [-0.2, -0.15) is 4.98 Å². The van der Waals surface area contributed by atoms with Crippen LogP contribution < -0.4 is 10.1 Å². The van der Waals surface area contributed by atoms with Crippen LogP contribution in [-0.2, 0) is 0 Å². The zero-order chi connectivity index (χ0) is 14.5. The third kappa shape index (κ3) is 3.52. The van der Waals surface area contributed by atoms with E-state index in [1.807, 2.05) is 48.7 Å². The average Bonchev–Trinajstić information content (AvgIpc) is 2.92. The Morgan fingerprint density at radius 3 is 2.81 bits per heavy atom. The molecule has 0 unspecified atom stereocenters. The van der Waals surface area contributed by atoms with Crippen LogP contribution in [0.1, 0.15) is 6.42 Å². The number of nitrogens with one attached hydrogen (secondary N) is 1. The summed E-state index contributed by atoms with van der Waals surface area (Å²) in [5, 5.41) is 7.56. The van der Waals surface area contributed by atoms with Gasteiger partial charge in [0, 0.05) is 12.7 Å². The Morgan fingerprint density at radius 2 is 2.00 bits per heavy atom. The molecule has 1 aromatic carbocycles. The minimum atomic E-state index is 0.626. The predicted octanol–water partition coefficient (Wildman–Crippen LogP) is 3.37. The Balaban J connectivity index is 1.47. The molecule has 2 heterocycles. The van der Waals surface area contributed by atoms with E-state index in [0.717, 1.165) is 28.8 Å². The molecule has 0 saturated heterocycles. The highest BCUT2D eigenvalue weighted by Gasteiger charge is 2.05. The van der Waals surface area contributed by atoms with Crippen LogP contribution in [0.25, 0.3) is 5.65 Å². The summed E-state index contributed by atoms with van der Waals surface area (Å²) in [6, 6.07) is 13.7. The lowest BCUT2D eigenvalue weighted by atomic mass is 10.3. The Kier molecular flexibility index (Phi) is 4.35. The lowest BCUT2D eigenvalue weighted by Crippen LogP contribution is -2.08. The maximum absolute atomic E-state index is 5.63. The third-order valence-corrected chi connectivity index (χ3v) is 3.55. The summed E-state index contributed by atoms with van der Waals surface area (Å²) in [6.45, 7) is 1.43. The second-order valence-electron chi connectivity index (χ2n) is 4.50. The van der Waals surface area contributed by atoms with Crippen LogP contribution in [0.2, 0.25) is 0 Å². The van der Waals surface area contributed by atoms with Crippen molar-refractivity contribution in [3.63, 3.8) is 0 Å². The van der Waals surface area contributed by atoms with Crippen molar-refractivity contribution in [1.82, 2.24) is 14.6 Å². The van der Waals surface area contributed by atoms with E-state index in [-0.39, 0.29) is 0 Å². The van der Waals surface area contributed by atoms with E-state index in [4.69, 9.17) is 4.74 Å². The molecular formula is C15H15BrN4O. The van der Waals surface area contributed by atoms with Crippen LogP contribution in [0, 0.1) is 0 Å². The quantitative estimate of drug-likeness (QED) is 0.695. The van der Waals surface area contributed by atoms with E-state index in [1.54, 1.807) is 4.52 Å². The van der Waals surface area contributed by atoms with Gasteiger partial charge >= 0.3 is 0 Å². The van der Waals surface area contributed by atoms with Gasteiger partial charge in [0.15, 0.2) is 5.65 Å². The lowest BCUT2D eigenvalue weighted by Gasteiger charge is -2.05. The number of ether oxygens (including phenoxy) is 1. The van der Waals surface area contributed by atoms with Crippen molar-refractivity contribution in [3.05, 3.63) is 53.1 Å². The number of rotatable bonds is 6. The number of pyridine rings is 1. The highest BCUT2D eigenvalue weighted by molar-refractivity contribution is 9.10. The van der Waals surface area contributed by atoms with Crippen molar-refractivity contribution in [3.8, 4) is 5.75 Å². The first-order valence-electron chi connectivity index (χ1n) is 6.75. The zero-order valence-electron chi connectivity index (χ0n) is 11.4. The second-order valence-corrected chi connectivity index (χ2v) is 5.36. The number of para-hydroxylation sites is 1. The summed E-state index contributed by atoms with van der Waals surface area (Å²) in [5.41, 5.74) is 0.806. The fourth-order valence-corrected chi connectivity index (χ4v) is 2.35. The van der Waals surface area contributed by atoms with Crippen molar-refractivity contribution in [2.24, 2.45) is 0 Å². The predicted molar refractivity (Wildman–Crippen MR) is 85.7 cm³/mol. The third-order valence-electron chi connectivity index (χ3n) is 2.93. The summed E-state index contributed by atoms with van der Waals surface area (Å²) >= 11 is 3.46. The average molecular weight is 347 g/mol. The molecule has 21 heavy (non-hydrogen) atoms. The summed E-state index contributed by atoms with van der Waals surface area (Å²) in [5.74, 6) is 1.52. The standard InChI is InChI=1S/C15H15BrN4O/c16-13-8-4-10-20-14(13)18-15(19-20)17-9-5-11-21-12-6-2-1-3-7-12/h1-4,6-8,10H,5,9,11H2,(H,17,19). The van der Waals surface area contributed by atoms with Gasteiger partial charge in [-0.15, -0.1) is 5.10 Å². The maximum Gasteiger partial charge on any atom is 0.243 e. The number of halogens is 1. The molecule has 0 aliphatic rings. The minimum Gasteiger partial charge on any atom is -0.494 e. The molecule has 6 heteroatoms. The number of hydrogen-bond acceptors (Lipinski definition) is 4.